The summed E-state index contributed by atoms with van der Waals surface area (Å²) in [5.41, 5.74) is 0. The molecular weight excluding hydrogens is 88.1 g/mol. The van der Waals surface area contributed by atoms with E-state index in [1.165, 1.54) is 0 Å². The van der Waals surface area contributed by atoms with Crippen LogP contribution in [0.5, 0.6) is 0 Å². The fourth-order valence-corrected chi connectivity index (χ4v) is 0.400. The highest BCUT2D eigenvalue weighted by Gasteiger charge is 1.83. The summed E-state index contributed by atoms with van der Waals surface area (Å²) in [7, 11) is 0. The van der Waals surface area contributed by atoms with Crippen molar-refractivity contribution in [2.75, 3.05) is 0 Å². The van der Waals surface area contributed by atoms with Crippen molar-refractivity contribution < 1.29 is 5.11 Å². The van der Waals surface area contributed by atoms with Crippen molar-refractivity contribution in [1.29, 1.82) is 0 Å². The molecular formula is C6H12O. The lowest BCUT2D eigenvalue weighted by atomic mass is 10.3. The van der Waals surface area contributed by atoms with Crippen molar-refractivity contribution in [3.8, 4) is 0 Å². The van der Waals surface area contributed by atoms with Crippen molar-refractivity contribution in [2.24, 2.45) is 0 Å². The van der Waals surface area contributed by atoms with Crippen LogP contribution >= 0.6 is 0 Å². The Bertz CT molecular complexity index is 64.6. The highest BCUT2D eigenvalue weighted by atomic mass is 16.3. The van der Waals surface area contributed by atoms with E-state index in [4.69, 9.17) is 5.11 Å². The van der Waals surface area contributed by atoms with E-state index in [0.717, 1.165) is 12.8 Å². The number of aliphatic hydroxyl groups is 1. The van der Waals surface area contributed by atoms with Crippen LogP contribution in [0.25, 0.3) is 0 Å². The summed E-state index contributed by atoms with van der Waals surface area (Å²) in [6, 6.07) is 0. The Kier molecular flexibility index (Phi) is 3.48. The molecule has 1 nitrogen and oxygen atoms in total. The normalized spacial score (nSPS) is 12.0. The average molecular weight is 100 g/mol. The third-order valence-corrected chi connectivity index (χ3v) is 0.839. The first-order valence-corrected chi connectivity index (χ1v) is 2.65. The monoisotopic (exact) mass is 100 g/mol. The quantitative estimate of drug-likeness (QED) is 0.527. The maximum atomic E-state index is 8.72. The largest absolute Gasteiger partial charge is 0.513 e. The van der Waals surface area contributed by atoms with Gasteiger partial charge in [-0.3, -0.25) is 0 Å². The first-order chi connectivity index (χ1) is 3.31. The zero-order chi connectivity index (χ0) is 5.70. The molecule has 7 heavy (non-hydrogen) atoms. The Morgan fingerprint density at radius 3 is 2.43 bits per heavy atom. The summed E-state index contributed by atoms with van der Waals surface area (Å²) in [6.07, 6.45) is 3.57. The third-order valence-electron chi connectivity index (χ3n) is 0.839. The first-order valence-electron chi connectivity index (χ1n) is 2.65. The highest BCUT2D eigenvalue weighted by molar-refractivity contribution is 4.86. The molecule has 0 aliphatic carbocycles. The second-order valence-corrected chi connectivity index (χ2v) is 1.53. The molecule has 1 N–H and O–H groups in total. The second kappa shape index (κ2) is 3.72. The molecule has 0 aromatic carbocycles. The van der Waals surface area contributed by atoms with E-state index in [1.807, 2.05) is 13.8 Å². The van der Waals surface area contributed by atoms with Crippen LogP contribution in [-0.4, -0.2) is 5.11 Å². The van der Waals surface area contributed by atoms with Crippen LogP contribution in [0.15, 0.2) is 11.8 Å². The fourth-order valence-electron chi connectivity index (χ4n) is 0.400. The zero-order valence-corrected chi connectivity index (χ0v) is 4.94. The van der Waals surface area contributed by atoms with E-state index in [2.05, 4.69) is 0 Å². The van der Waals surface area contributed by atoms with Gasteiger partial charge in [-0.05, 0) is 19.4 Å². The van der Waals surface area contributed by atoms with E-state index in [9.17, 15) is 0 Å². The summed E-state index contributed by atoms with van der Waals surface area (Å²) in [5.74, 6) is 0.502. The first kappa shape index (κ1) is 6.54. The lowest BCUT2D eigenvalue weighted by Crippen LogP contribution is -1.75. The van der Waals surface area contributed by atoms with Crippen LogP contribution in [0.1, 0.15) is 26.7 Å². The van der Waals surface area contributed by atoms with Gasteiger partial charge in [0.15, 0.2) is 0 Å². The molecule has 0 bridgehead atoms. The lowest BCUT2D eigenvalue weighted by Gasteiger charge is -1.90. The summed E-state index contributed by atoms with van der Waals surface area (Å²) in [5, 5.41) is 8.72. The van der Waals surface area contributed by atoms with Crippen LogP contribution in [-0.2, 0) is 0 Å². The summed E-state index contributed by atoms with van der Waals surface area (Å²) in [6.45, 7) is 3.88. The molecule has 0 aliphatic rings. The van der Waals surface area contributed by atoms with E-state index >= 15 is 0 Å². The molecule has 0 spiro atoms. The third kappa shape index (κ3) is 3.37. The van der Waals surface area contributed by atoms with Gasteiger partial charge in [0, 0.05) is 6.42 Å². The van der Waals surface area contributed by atoms with Gasteiger partial charge in [0.2, 0.25) is 0 Å². The molecule has 0 unspecified atom stereocenters. The second-order valence-electron chi connectivity index (χ2n) is 1.53. The van der Waals surface area contributed by atoms with Gasteiger partial charge < -0.3 is 5.11 Å². The number of allylic oxidation sites excluding steroid dienone is 2. The molecule has 0 aromatic heterocycles. The van der Waals surface area contributed by atoms with E-state index in [1.54, 1.807) is 6.08 Å². The predicted octanol–water partition coefficient (Wildman–Crippen LogP) is 2.25. The van der Waals surface area contributed by atoms with Gasteiger partial charge in [-0.25, -0.2) is 0 Å². The van der Waals surface area contributed by atoms with E-state index < -0.39 is 0 Å². The summed E-state index contributed by atoms with van der Waals surface area (Å²) >= 11 is 0. The summed E-state index contributed by atoms with van der Waals surface area (Å²) < 4.78 is 0. The fraction of sp³-hybridized carbons (Fsp3) is 0.667. The molecule has 0 fully saturated rings. The molecule has 42 valence electrons. The minimum atomic E-state index is 0.502. The Hall–Kier alpha value is -0.460. The van der Waals surface area contributed by atoms with Gasteiger partial charge in [-0.1, -0.05) is 6.92 Å². The van der Waals surface area contributed by atoms with Gasteiger partial charge in [0.25, 0.3) is 0 Å². The number of rotatable bonds is 2. The van der Waals surface area contributed by atoms with Crippen LogP contribution in [0.3, 0.4) is 0 Å². The lowest BCUT2D eigenvalue weighted by molar-refractivity contribution is 0.385. The maximum Gasteiger partial charge on any atom is 0.0879 e. The van der Waals surface area contributed by atoms with Gasteiger partial charge in [-0.2, -0.15) is 0 Å². The Balaban J connectivity index is 3.17. The van der Waals surface area contributed by atoms with Gasteiger partial charge >= 0.3 is 0 Å². The molecule has 0 radical (unpaired) electrons. The Labute approximate surface area is 44.7 Å². The number of hydrogen-bond donors (Lipinski definition) is 1. The Morgan fingerprint density at radius 1 is 1.71 bits per heavy atom. The molecule has 0 saturated carbocycles. The minimum absolute atomic E-state index is 0.502. The van der Waals surface area contributed by atoms with Gasteiger partial charge in [-0.15, -0.1) is 0 Å². The van der Waals surface area contributed by atoms with Crippen molar-refractivity contribution in [3.05, 3.63) is 11.8 Å². The van der Waals surface area contributed by atoms with Crippen LogP contribution in [0, 0.1) is 0 Å². The predicted molar refractivity (Wildman–Crippen MR) is 31.3 cm³/mol. The highest BCUT2D eigenvalue weighted by Crippen LogP contribution is 1.97. The van der Waals surface area contributed by atoms with Crippen molar-refractivity contribution in [3.63, 3.8) is 0 Å². The topological polar surface area (TPSA) is 20.2 Å². The van der Waals surface area contributed by atoms with Crippen LogP contribution in [0.4, 0.5) is 0 Å². The smallest absolute Gasteiger partial charge is 0.0879 e. The van der Waals surface area contributed by atoms with Crippen molar-refractivity contribution >= 4 is 0 Å². The maximum absolute atomic E-state index is 8.72. The molecule has 0 amide bonds. The van der Waals surface area contributed by atoms with E-state index in [0.29, 0.717) is 5.76 Å². The zero-order valence-electron chi connectivity index (χ0n) is 4.94. The van der Waals surface area contributed by atoms with Gasteiger partial charge in [0.1, 0.15) is 0 Å². The molecule has 0 aliphatic heterocycles. The summed E-state index contributed by atoms with van der Waals surface area (Å²) in [4.78, 5) is 0. The van der Waals surface area contributed by atoms with Crippen molar-refractivity contribution in [1.82, 2.24) is 0 Å². The number of aliphatic hydroxyl groups excluding tert-OH is 1. The number of hydrogen-bond acceptors (Lipinski definition) is 1. The molecule has 0 heterocycles. The molecule has 1 heteroatoms. The van der Waals surface area contributed by atoms with Crippen molar-refractivity contribution in [2.45, 2.75) is 26.7 Å². The minimum Gasteiger partial charge on any atom is -0.513 e. The van der Waals surface area contributed by atoms with Crippen LogP contribution < -0.4 is 0 Å². The van der Waals surface area contributed by atoms with E-state index in [-0.39, 0.29) is 0 Å². The molecule has 0 saturated heterocycles. The standard InChI is InChI=1S/C6H12O/c1-3-5-6(7)4-2/h4,7H,3,5H2,1-2H3/b6-4-. The molecule has 0 atom stereocenters. The molecule has 0 aromatic rings. The average Bonchev–Trinajstić information content (AvgIpc) is 1.68. The van der Waals surface area contributed by atoms with Gasteiger partial charge in [0.05, 0.1) is 5.76 Å². The molecule has 0 rings (SSSR count). The SMILES string of the molecule is C/C=C(\O)CCC. The van der Waals surface area contributed by atoms with Crippen LogP contribution in [0.2, 0.25) is 0 Å². The Morgan fingerprint density at radius 2 is 2.29 bits per heavy atom.